The summed E-state index contributed by atoms with van der Waals surface area (Å²) in [6.45, 7) is 3.74. The van der Waals surface area contributed by atoms with Gasteiger partial charge in [-0.15, -0.1) is 0 Å². The minimum Gasteiger partial charge on any atom is -0.354 e. The number of nitrogens with one attached hydrogen (secondary N) is 1. The van der Waals surface area contributed by atoms with E-state index in [4.69, 9.17) is 0 Å². The van der Waals surface area contributed by atoms with Crippen LogP contribution in [-0.2, 0) is 9.59 Å². The summed E-state index contributed by atoms with van der Waals surface area (Å²) in [6.07, 6.45) is 2.29. The lowest BCUT2D eigenvalue weighted by Crippen LogP contribution is -2.35. The number of nitrogens with zero attached hydrogens (tertiary/aromatic N) is 2. The molecule has 1 aromatic heterocycles. The maximum absolute atomic E-state index is 12.4. The molecule has 0 saturated carbocycles. The van der Waals surface area contributed by atoms with Crippen molar-refractivity contribution >= 4 is 33.4 Å². The van der Waals surface area contributed by atoms with E-state index in [2.05, 4.69) is 5.32 Å². The van der Waals surface area contributed by atoms with Crippen molar-refractivity contribution in [3.05, 3.63) is 34.6 Å². The maximum atomic E-state index is 12.4. The molecule has 1 aliphatic rings. The van der Waals surface area contributed by atoms with E-state index in [-0.39, 0.29) is 17.4 Å². The first-order valence-corrected chi connectivity index (χ1v) is 9.01. The highest BCUT2D eigenvalue weighted by Gasteiger charge is 2.21. The van der Waals surface area contributed by atoms with Crippen molar-refractivity contribution in [1.29, 1.82) is 0 Å². The number of benzene rings is 1. The van der Waals surface area contributed by atoms with Gasteiger partial charge in [-0.2, -0.15) is 0 Å². The number of carbonyl (C=O) groups is 2. The zero-order chi connectivity index (χ0) is 17.1. The van der Waals surface area contributed by atoms with Gasteiger partial charge in [0.2, 0.25) is 11.8 Å². The third-order valence-electron chi connectivity index (χ3n) is 4.32. The molecule has 6 nitrogen and oxygen atoms in total. The first kappa shape index (κ1) is 16.7. The number of rotatable bonds is 6. The second kappa shape index (κ2) is 7.17. The molecule has 1 aliphatic heterocycles. The van der Waals surface area contributed by atoms with Gasteiger partial charge in [0.25, 0.3) is 5.56 Å². The first-order valence-electron chi connectivity index (χ1n) is 8.24. The van der Waals surface area contributed by atoms with Crippen molar-refractivity contribution in [3.8, 4) is 0 Å². The zero-order valence-corrected chi connectivity index (χ0v) is 14.5. The predicted molar refractivity (Wildman–Crippen MR) is 94.2 cm³/mol. The second-order valence-corrected chi connectivity index (χ2v) is 7.04. The minimum atomic E-state index is -0.539. The summed E-state index contributed by atoms with van der Waals surface area (Å²) < 4.78 is 2.40. The topological polar surface area (TPSA) is 71.4 Å². The van der Waals surface area contributed by atoms with Gasteiger partial charge in [0, 0.05) is 26.1 Å². The molecule has 2 aromatic rings. The molecule has 1 unspecified atom stereocenters. The Bertz CT molecular complexity index is 811. The fourth-order valence-electron chi connectivity index (χ4n) is 2.92. The van der Waals surface area contributed by atoms with Crippen molar-refractivity contribution < 1.29 is 9.59 Å². The number of likely N-dealkylation sites (tertiary alicyclic amines) is 1. The van der Waals surface area contributed by atoms with Crippen LogP contribution in [0.25, 0.3) is 10.1 Å². The SMILES string of the molecule is CC(C(=O)NCCCN1CCCC1=O)n1sc2ccccc2c1=O. The van der Waals surface area contributed by atoms with Gasteiger partial charge in [0.1, 0.15) is 6.04 Å². The molecule has 0 radical (unpaired) electrons. The summed E-state index contributed by atoms with van der Waals surface area (Å²) in [5, 5.41) is 3.51. The summed E-state index contributed by atoms with van der Waals surface area (Å²) >= 11 is 1.31. The normalized spacial score (nSPS) is 15.9. The Morgan fingerprint density at radius 3 is 2.83 bits per heavy atom. The van der Waals surface area contributed by atoms with E-state index in [0.29, 0.717) is 24.9 Å². The lowest BCUT2D eigenvalue weighted by molar-refractivity contribution is -0.127. The molecule has 2 amide bonds. The number of aromatic nitrogens is 1. The summed E-state index contributed by atoms with van der Waals surface area (Å²) in [7, 11) is 0. The van der Waals surface area contributed by atoms with Crippen LogP contribution >= 0.6 is 11.5 Å². The van der Waals surface area contributed by atoms with Gasteiger partial charge in [0.15, 0.2) is 0 Å². The van der Waals surface area contributed by atoms with Crippen LogP contribution in [0.4, 0.5) is 0 Å². The first-order chi connectivity index (χ1) is 11.6. The van der Waals surface area contributed by atoms with Gasteiger partial charge in [-0.1, -0.05) is 23.7 Å². The van der Waals surface area contributed by atoms with E-state index < -0.39 is 6.04 Å². The summed E-state index contributed by atoms with van der Waals surface area (Å²) in [5.74, 6) is 0.0305. The van der Waals surface area contributed by atoms with Crippen LogP contribution in [0.3, 0.4) is 0 Å². The van der Waals surface area contributed by atoms with E-state index >= 15 is 0 Å². The Morgan fingerprint density at radius 1 is 1.33 bits per heavy atom. The molecule has 24 heavy (non-hydrogen) atoms. The van der Waals surface area contributed by atoms with Crippen LogP contribution in [0.1, 0.15) is 32.2 Å². The Morgan fingerprint density at radius 2 is 2.12 bits per heavy atom. The van der Waals surface area contributed by atoms with E-state index in [1.807, 2.05) is 23.1 Å². The molecule has 3 rings (SSSR count). The number of hydrogen-bond acceptors (Lipinski definition) is 4. The fraction of sp³-hybridized carbons (Fsp3) is 0.471. The standard InChI is InChI=1S/C17H21N3O3S/c1-12(20-17(23)13-6-2-3-7-14(13)24-20)16(22)18-9-5-11-19-10-4-8-15(19)21/h2-3,6-7,12H,4-5,8-11H2,1H3,(H,18,22). The molecular formula is C17H21N3O3S. The lowest BCUT2D eigenvalue weighted by atomic mass is 10.2. The Hall–Kier alpha value is -2.15. The van der Waals surface area contributed by atoms with Crippen molar-refractivity contribution in [1.82, 2.24) is 14.2 Å². The molecule has 0 spiro atoms. The largest absolute Gasteiger partial charge is 0.354 e. The maximum Gasteiger partial charge on any atom is 0.269 e. The average Bonchev–Trinajstić information content (AvgIpc) is 3.15. The van der Waals surface area contributed by atoms with E-state index in [9.17, 15) is 14.4 Å². The summed E-state index contributed by atoms with van der Waals surface area (Å²) in [6, 6.07) is 6.83. The molecule has 0 aliphatic carbocycles. The predicted octanol–water partition coefficient (Wildman–Crippen LogP) is 1.75. The van der Waals surface area contributed by atoms with Gasteiger partial charge in [-0.3, -0.25) is 18.3 Å². The molecule has 2 heterocycles. The fourth-order valence-corrected chi connectivity index (χ4v) is 3.96. The Labute approximate surface area is 144 Å². The van der Waals surface area contributed by atoms with Crippen LogP contribution in [0, 0.1) is 0 Å². The van der Waals surface area contributed by atoms with Gasteiger partial charge >= 0.3 is 0 Å². The van der Waals surface area contributed by atoms with Crippen LogP contribution in [0.2, 0.25) is 0 Å². The summed E-state index contributed by atoms with van der Waals surface area (Å²) in [4.78, 5) is 38.0. The number of hydrogen-bond donors (Lipinski definition) is 1. The molecule has 1 fully saturated rings. The van der Waals surface area contributed by atoms with Crippen LogP contribution in [0.5, 0.6) is 0 Å². The highest BCUT2D eigenvalue weighted by atomic mass is 32.1. The molecule has 1 saturated heterocycles. The Balaban J connectivity index is 1.55. The van der Waals surface area contributed by atoms with Gasteiger partial charge in [0.05, 0.1) is 10.1 Å². The number of fused-ring (bicyclic) bond motifs is 1. The van der Waals surface area contributed by atoms with E-state index in [1.165, 1.54) is 15.5 Å². The highest BCUT2D eigenvalue weighted by molar-refractivity contribution is 7.14. The van der Waals surface area contributed by atoms with Crippen molar-refractivity contribution in [2.75, 3.05) is 19.6 Å². The van der Waals surface area contributed by atoms with Crippen molar-refractivity contribution in [2.45, 2.75) is 32.2 Å². The molecule has 1 N–H and O–H groups in total. The van der Waals surface area contributed by atoms with Gasteiger partial charge < -0.3 is 10.2 Å². The summed E-state index contributed by atoms with van der Waals surface area (Å²) in [5.41, 5.74) is -0.124. The molecule has 1 atom stereocenters. The van der Waals surface area contributed by atoms with Crippen LogP contribution in [0.15, 0.2) is 29.1 Å². The third-order valence-corrected chi connectivity index (χ3v) is 5.55. The van der Waals surface area contributed by atoms with E-state index in [1.54, 1.807) is 13.0 Å². The molecular weight excluding hydrogens is 326 g/mol. The molecule has 128 valence electrons. The smallest absolute Gasteiger partial charge is 0.269 e. The van der Waals surface area contributed by atoms with E-state index in [0.717, 1.165) is 24.1 Å². The quantitative estimate of drug-likeness (QED) is 0.809. The van der Waals surface area contributed by atoms with Crippen molar-refractivity contribution in [2.24, 2.45) is 0 Å². The highest BCUT2D eigenvalue weighted by Crippen LogP contribution is 2.19. The molecule has 1 aromatic carbocycles. The van der Waals surface area contributed by atoms with Crippen LogP contribution < -0.4 is 10.9 Å². The van der Waals surface area contributed by atoms with Gasteiger partial charge in [-0.05, 0) is 31.9 Å². The average molecular weight is 347 g/mol. The number of carbonyl (C=O) groups excluding carboxylic acids is 2. The van der Waals surface area contributed by atoms with Crippen molar-refractivity contribution in [3.63, 3.8) is 0 Å². The minimum absolute atomic E-state index is 0.124. The zero-order valence-electron chi connectivity index (χ0n) is 13.7. The second-order valence-electron chi connectivity index (χ2n) is 6.02. The van der Waals surface area contributed by atoms with Gasteiger partial charge in [-0.25, -0.2) is 0 Å². The molecule has 0 bridgehead atoms. The van der Waals surface area contributed by atoms with Crippen LogP contribution in [-0.4, -0.2) is 40.3 Å². The molecule has 7 heteroatoms. The Kier molecular flexibility index (Phi) is 4.99. The monoisotopic (exact) mass is 347 g/mol. The lowest BCUT2D eigenvalue weighted by Gasteiger charge is -2.16. The third kappa shape index (κ3) is 3.36. The number of amides is 2.